The maximum absolute atomic E-state index is 5.35. The highest BCUT2D eigenvalue weighted by atomic mass is 14.9. The third-order valence-electron chi connectivity index (χ3n) is 3.15. The van der Waals surface area contributed by atoms with E-state index in [0.29, 0.717) is 6.04 Å². The highest BCUT2D eigenvalue weighted by Crippen LogP contribution is 2.28. The number of terminal acetylenes is 1. The molecule has 1 rings (SSSR count). The summed E-state index contributed by atoms with van der Waals surface area (Å²) in [6.45, 7) is 6.73. The average molecular weight is 179 g/mol. The van der Waals surface area contributed by atoms with Crippen molar-refractivity contribution in [2.24, 2.45) is 11.8 Å². The standard InChI is InChI=1S/C12H21N/c1-5-11(4)13-12-7-6-9(2)8-10(12)3/h1,9-13H,6-8H2,2-4H3. The molecule has 0 saturated heterocycles. The van der Waals surface area contributed by atoms with Crippen LogP contribution in [-0.2, 0) is 0 Å². The van der Waals surface area contributed by atoms with E-state index in [1.54, 1.807) is 0 Å². The summed E-state index contributed by atoms with van der Waals surface area (Å²) in [7, 11) is 0. The molecule has 1 aliphatic rings. The fourth-order valence-electron chi connectivity index (χ4n) is 2.28. The quantitative estimate of drug-likeness (QED) is 0.642. The minimum Gasteiger partial charge on any atom is -0.301 e. The van der Waals surface area contributed by atoms with Gasteiger partial charge in [0.2, 0.25) is 0 Å². The van der Waals surface area contributed by atoms with Crippen LogP contribution in [0.1, 0.15) is 40.0 Å². The van der Waals surface area contributed by atoms with Crippen molar-refractivity contribution in [3.8, 4) is 12.3 Å². The predicted octanol–water partition coefficient (Wildman–Crippen LogP) is 2.42. The van der Waals surface area contributed by atoms with Crippen LogP contribution in [-0.4, -0.2) is 12.1 Å². The van der Waals surface area contributed by atoms with Gasteiger partial charge in [-0.2, -0.15) is 0 Å². The Labute approximate surface area is 82.3 Å². The number of nitrogens with one attached hydrogen (secondary N) is 1. The molecule has 0 radical (unpaired) electrons. The van der Waals surface area contributed by atoms with Crippen LogP contribution in [0.2, 0.25) is 0 Å². The Kier molecular flexibility index (Phi) is 3.81. The highest BCUT2D eigenvalue weighted by molar-refractivity contribution is 4.98. The Hall–Kier alpha value is -0.480. The molecule has 1 saturated carbocycles. The molecule has 0 aliphatic heterocycles. The lowest BCUT2D eigenvalue weighted by atomic mass is 9.79. The van der Waals surface area contributed by atoms with Gasteiger partial charge in [-0.25, -0.2) is 0 Å². The average Bonchev–Trinajstić information content (AvgIpc) is 2.09. The smallest absolute Gasteiger partial charge is 0.0660 e. The molecule has 4 atom stereocenters. The normalized spacial score (nSPS) is 36.6. The Bertz CT molecular complexity index is 192. The van der Waals surface area contributed by atoms with E-state index in [1.807, 2.05) is 0 Å². The molecule has 1 heteroatoms. The molecule has 0 bridgehead atoms. The molecule has 4 unspecified atom stereocenters. The van der Waals surface area contributed by atoms with Crippen LogP contribution in [0, 0.1) is 24.2 Å². The SMILES string of the molecule is C#CC(C)NC1CCC(C)CC1C. The van der Waals surface area contributed by atoms with E-state index < -0.39 is 0 Å². The lowest BCUT2D eigenvalue weighted by molar-refractivity contribution is 0.224. The lowest BCUT2D eigenvalue weighted by Gasteiger charge is -2.34. The Morgan fingerprint density at radius 3 is 2.62 bits per heavy atom. The lowest BCUT2D eigenvalue weighted by Crippen LogP contribution is -2.43. The van der Waals surface area contributed by atoms with Crippen LogP contribution in [0.15, 0.2) is 0 Å². The van der Waals surface area contributed by atoms with Gasteiger partial charge in [0.05, 0.1) is 6.04 Å². The van der Waals surface area contributed by atoms with Crippen LogP contribution in [0.3, 0.4) is 0 Å². The van der Waals surface area contributed by atoms with Crippen LogP contribution in [0.25, 0.3) is 0 Å². The summed E-state index contributed by atoms with van der Waals surface area (Å²) in [5.41, 5.74) is 0. The van der Waals surface area contributed by atoms with E-state index in [1.165, 1.54) is 19.3 Å². The van der Waals surface area contributed by atoms with Crippen molar-refractivity contribution in [1.82, 2.24) is 5.32 Å². The van der Waals surface area contributed by atoms with Gasteiger partial charge < -0.3 is 5.32 Å². The van der Waals surface area contributed by atoms with Crippen molar-refractivity contribution in [1.29, 1.82) is 0 Å². The van der Waals surface area contributed by atoms with E-state index in [9.17, 15) is 0 Å². The Morgan fingerprint density at radius 1 is 1.38 bits per heavy atom. The molecular formula is C12H21N. The van der Waals surface area contributed by atoms with Gasteiger partial charge >= 0.3 is 0 Å². The second-order valence-corrected chi connectivity index (χ2v) is 4.56. The molecule has 1 nitrogen and oxygen atoms in total. The molecule has 0 spiro atoms. The van der Waals surface area contributed by atoms with Gasteiger partial charge in [-0.15, -0.1) is 6.42 Å². The molecule has 0 amide bonds. The van der Waals surface area contributed by atoms with Crippen LogP contribution < -0.4 is 5.32 Å². The molecule has 1 N–H and O–H groups in total. The minimum absolute atomic E-state index is 0.223. The summed E-state index contributed by atoms with van der Waals surface area (Å²) in [6, 6.07) is 0.864. The van der Waals surface area contributed by atoms with Gasteiger partial charge in [0.1, 0.15) is 0 Å². The molecule has 0 aromatic carbocycles. The second kappa shape index (κ2) is 4.67. The molecule has 13 heavy (non-hydrogen) atoms. The molecule has 0 aromatic heterocycles. The zero-order chi connectivity index (χ0) is 9.84. The summed E-state index contributed by atoms with van der Waals surface area (Å²) in [4.78, 5) is 0. The van der Waals surface area contributed by atoms with E-state index in [0.717, 1.165) is 11.8 Å². The van der Waals surface area contributed by atoms with Gasteiger partial charge in [-0.1, -0.05) is 19.8 Å². The maximum Gasteiger partial charge on any atom is 0.0660 e. The van der Waals surface area contributed by atoms with Crippen LogP contribution in [0.4, 0.5) is 0 Å². The van der Waals surface area contributed by atoms with Gasteiger partial charge in [-0.3, -0.25) is 0 Å². The van der Waals surface area contributed by atoms with Crippen LogP contribution >= 0.6 is 0 Å². The molecule has 1 fully saturated rings. The largest absolute Gasteiger partial charge is 0.301 e. The number of rotatable bonds is 2. The van der Waals surface area contributed by atoms with E-state index in [2.05, 4.69) is 32.0 Å². The van der Waals surface area contributed by atoms with Crippen molar-refractivity contribution in [3.05, 3.63) is 0 Å². The zero-order valence-corrected chi connectivity index (χ0v) is 9.01. The number of hydrogen-bond acceptors (Lipinski definition) is 1. The monoisotopic (exact) mass is 179 g/mol. The topological polar surface area (TPSA) is 12.0 Å². The first-order valence-corrected chi connectivity index (χ1v) is 5.35. The summed E-state index contributed by atoms with van der Waals surface area (Å²) < 4.78 is 0. The van der Waals surface area contributed by atoms with Crippen molar-refractivity contribution in [2.45, 2.75) is 52.1 Å². The van der Waals surface area contributed by atoms with Crippen molar-refractivity contribution in [2.75, 3.05) is 0 Å². The van der Waals surface area contributed by atoms with E-state index >= 15 is 0 Å². The maximum atomic E-state index is 5.35. The van der Waals surface area contributed by atoms with Gasteiger partial charge in [0.15, 0.2) is 0 Å². The van der Waals surface area contributed by atoms with E-state index in [4.69, 9.17) is 6.42 Å². The van der Waals surface area contributed by atoms with Crippen molar-refractivity contribution in [3.63, 3.8) is 0 Å². The van der Waals surface area contributed by atoms with Gasteiger partial charge in [-0.05, 0) is 38.0 Å². The highest BCUT2D eigenvalue weighted by Gasteiger charge is 2.25. The summed E-state index contributed by atoms with van der Waals surface area (Å²) in [6.07, 6.45) is 9.32. The van der Waals surface area contributed by atoms with Crippen molar-refractivity contribution >= 4 is 0 Å². The third-order valence-corrected chi connectivity index (χ3v) is 3.15. The van der Waals surface area contributed by atoms with E-state index in [-0.39, 0.29) is 6.04 Å². The summed E-state index contributed by atoms with van der Waals surface area (Å²) in [5, 5.41) is 3.50. The van der Waals surface area contributed by atoms with Gasteiger partial charge in [0, 0.05) is 6.04 Å². The van der Waals surface area contributed by atoms with Crippen molar-refractivity contribution < 1.29 is 0 Å². The minimum atomic E-state index is 0.223. The Morgan fingerprint density at radius 2 is 2.08 bits per heavy atom. The first-order valence-electron chi connectivity index (χ1n) is 5.35. The third kappa shape index (κ3) is 3.04. The number of hydrogen-bond donors (Lipinski definition) is 1. The zero-order valence-electron chi connectivity index (χ0n) is 9.01. The molecule has 0 aromatic rings. The molecule has 74 valence electrons. The first kappa shape index (κ1) is 10.6. The second-order valence-electron chi connectivity index (χ2n) is 4.56. The van der Waals surface area contributed by atoms with Crippen LogP contribution in [0.5, 0.6) is 0 Å². The molecule has 0 heterocycles. The predicted molar refractivity (Wildman–Crippen MR) is 57.4 cm³/mol. The fraction of sp³-hybridized carbons (Fsp3) is 0.833. The van der Waals surface area contributed by atoms with Gasteiger partial charge in [0.25, 0.3) is 0 Å². The Balaban J connectivity index is 2.39. The molecule has 1 aliphatic carbocycles. The summed E-state index contributed by atoms with van der Waals surface area (Å²) in [5.74, 6) is 4.41. The summed E-state index contributed by atoms with van der Waals surface area (Å²) >= 11 is 0. The fourth-order valence-corrected chi connectivity index (χ4v) is 2.28. The molecular weight excluding hydrogens is 158 g/mol. The first-order chi connectivity index (χ1) is 6.13.